The number of phenolic OH excluding ortho intramolecular Hbond substituents is 1. The molecule has 5 nitrogen and oxygen atoms in total. The summed E-state index contributed by atoms with van der Waals surface area (Å²) in [5.41, 5.74) is 6.14. The third-order valence-corrected chi connectivity index (χ3v) is 7.44. The van der Waals surface area contributed by atoms with E-state index in [0.717, 1.165) is 49.8 Å². The molecular weight excluding hydrogens is 701 g/mol. The van der Waals surface area contributed by atoms with Gasteiger partial charge in [-0.05, 0) is 35.3 Å². The number of pyridine rings is 1. The van der Waals surface area contributed by atoms with Crippen molar-refractivity contribution >= 4 is 32.7 Å². The van der Waals surface area contributed by atoms with E-state index in [9.17, 15) is 5.11 Å². The summed E-state index contributed by atoms with van der Waals surface area (Å²) in [4.78, 5) is 10.2. The largest absolute Gasteiger partial charge is 0.507 e. The second kappa shape index (κ2) is 10.4. The van der Waals surface area contributed by atoms with Crippen LogP contribution in [0.15, 0.2) is 132 Å². The number of phenols is 1. The zero-order chi connectivity index (χ0) is 27.3. The standard InChI is InChI=1S/C36H22N3O2.Pt/c40-32-21-34-28(27-17-9-10-18-33(27)41-34)20-29(32)36-38-31(22-39(36)25-14-5-2-6-15-25)35-26-16-8-7-13-24(26)19-30(37-35)23-11-3-1-4-12-23;/h1-11,13-22,40H;/q-1;. The number of benzene rings is 5. The maximum Gasteiger partial charge on any atom is 0.149 e. The van der Waals surface area contributed by atoms with Crippen LogP contribution in [-0.4, -0.2) is 19.6 Å². The Labute approximate surface area is 256 Å². The van der Waals surface area contributed by atoms with Crippen molar-refractivity contribution in [3.63, 3.8) is 0 Å². The molecule has 0 aliphatic heterocycles. The van der Waals surface area contributed by atoms with Gasteiger partial charge in [0.1, 0.15) is 28.4 Å². The molecule has 0 radical (unpaired) electrons. The Morgan fingerprint density at radius 1 is 0.667 bits per heavy atom. The van der Waals surface area contributed by atoms with Crippen molar-refractivity contribution in [2.45, 2.75) is 0 Å². The van der Waals surface area contributed by atoms with Gasteiger partial charge in [-0.2, -0.15) is 0 Å². The zero-order valence-corrected chi connectivity index (χ0v) is 24.4. The number of hydrogen-bond acceptors (Lipinski definition) is 4. The molecule has 3 aromatic heterocycles. The van der Waals surface area contributed by atoms with Crippen molar-refractivity contribution in [1.82, 2.24) is 14.5 Å². The normalized spacial score (nSPS) is 11.2. The van der Waals surface area contributed by atoms with E-state index in [1.165, 1.54) is 0 Å². The molecule has 8 aromatic rings. The van der Waals surface area contributed by atoms with Gasteiger partial charge in [0.15, 0.2) is 0 Å². The van der Waals surface area contributed by atoms with E-state index >= 15 is 0 Å². The first kappa shape index (κ1) is 25.9. The van der Waals surface area contributed by atoms with Crippen LogP contribution in [-0.2, 0) is 21.1 Å². The Kier molecular flexibility index (Phi) is 6.45. The Bertz CT molecular complexity index is 2220. The molecule has 204 valence electrons. The first-order valence-corrected chi connectivity index (χ1v) is 13.4. The van der Waals surface area contributed by atoms with Gasteiger partial charge >= 0.3 is 0 Å². The van der Waals surface area contributed by atoms with Crippen LogP contribution in [0.2, 0.25) is 0 Å². The molecule has 0 bridgehead atoms. The number of furan rings is 1. The fourth-order valence-corrected chi connectivity index (χ4v) is 5.49. The molecule has 6 heteroatoms. The van der Waals surface area contributed by atoms with E-state index in [2.05, 4.69) is 24.3 Å². The minimum Gasteiger partial charge on any atom is -0.507 e. The Morgan fingerprint density at radius 2 is 1.43 bits per heavy atom. The molecule has 0 amide bonds. The van der Waals surface area contributed by atoms with Crippen molar-refractivity contribution in [2.24, 2.45) is 0 Å². The molecule has 5 aromatic carbocycles. The van der Waals surface area contributed by atoms with Gasteiger partial charge in [0.2, 0.25) is 0 Å². The number of nitrogens with zero attached hydrogens (tertiary/aromatic N) is 3. The summed E-state index contributed by atoms with van der Waals surface area (Å²) in [7, 11) is 0. The van der Waals surface area contributed by atoms with E-state index < -0.39 is 0 Å². The molecule has 3 heterocycles. The maximum absolute atomic E-state index is 11.3. The molecule has 0 atom stereocenters. The van der Waals surface area contributed by atoms with Crippen LogP contribution in [0.4, 0.5) is 0 Å². The first-order chi connectivity index (χ1) is 20.2. The third kappa shape index (κ3) is 4.30. The summed E-state index contributed by atoms with van der Waals surface area (Å²) in [6.45, 7) is 0. The van der Waals surface area contributed by atoms with Crippen LogP contribution >= 0.6 is 0 Å². The van der Waals surface area contributed by atoms with E-state index in [1.807, 2.05) is 108 Å². The van der Waals surface area contributed by atoms with Crippen LogP contribution < -0.4 is 0 Å². The number of aromatic hydroxyl groups is 1. The van der Waals surface area contributed by atoms with Crippen LogP contribution in [0.3, 0.4) is 0 Å². The second-order valence-electron chi connectivity index (χ2n) is 9.97. The van der Waals surface area contributed by atoms with Gasteiger partial charge in [0.05, 0.1) is 11.3 Å². The van der Waals surface area contributed by atoms with Gasteiger partial charge < -0.3 is 9.52 Å². The minimum atomic E-state index is 0. The van der Waals surface area contributed by atoms with Gasteiger partial charge in [-0.1, -0.05) is 66.7 Å². The van der Waals surface area contributed by atoms with Crippen molar-refractivity contribution in [1.29, 1.82) is 0 Å². The summed E-state index contributed by atoms with van der Waals surface area (Å²) in [5.74, 6) is 0.703. The van der Waals surface area contributed by atoms with Crippen molar-refractivity contribution in [3.8, 4) is 45.5 Å². The van der Waals surface area contributed by atoms with Gasteiger partial charge in [-0.15, -0.1) is 35.9 Å². The molecule has 0 aliphatic carbocycles. The molecule has 0 fully saturated rings. The van der Waals surface area contributed by atoms with Crippen LogP contribution in [0.25, 0.3) is 72.4 Å². The number of fused-ring (bicyclic) bond motifs is 4. The fraction of sp³-hybridized carbons (Fsp3) is 0. The van der Waals surface area contributed by atoms with Gasteiger partial charge in [0.25, 0.3) is 0 Å². The number of aromatic nitrogens is 3. The molecule has 1 N–H and O–H groups in total. The van der Waals surface area contributed by atoms with E-state index in [1.54, 1.807) is 6.07 Å². The Morgan fingerprint density at radius 3 is 2.26 bits per heavy atom. The van der Waals surface area contributed by atoms with Gasteiger partial charge in [-0.3, -0.25) is 9.55 Å². The summed E-state index contributed by atoms with van der Waals surface area (Å²) in [6.07, 6.45) is 2.00. The van der Waals surface area contributed by atoms with Crippen molar-refractivity contribution < 1.29 is 30.6 Å². The molecule has 0 aliphatic rings. The topological polar surface area (TPSA) is 64.1 Å². The van der Waals surface area contributed by atoms with E-state index in [0.29, 0.717) is 22.7 Å². The molecule has 0 saturated carbocycles. The third-order valence-electron chi connectivity index (χ3n) is 7.44. The van der Waals surface area contributed by atoms with E-state index in [-0.39, 0.29) is 26.8 Å². The van der Waals surface area contributed by atoms with Gasteiger partial charge in [0, 0.05) is 55.2 Å². The monoisotopic (exact) mass is 723 g/mol. The quantitative estimate of drug-likeness (QED) is 0.185. The smallest absolute Gasteiger partial charge is 0.149 e. The second-order valence-corrected chi connectivity index (χ2v) is 9.97. The first-order valence-electron chi connectivity index (χ1n) is 13.4. The molecule has 0 saturated heterocycles. The predicted molar refractivity (Wildman–Crippen MR) is 163 cm³/mol. The van der Waals surface area contributed by atoms with Crippen molar-refractivity contribution in [3.05, 3.63) is 134 Å². The summed E-state index contributed by atoms with van der Waals surface area (Å²) >= 11 is 0. The fourth-order valence-electron chi connectivity index (χ4n) is 5.49. The summed E-state index contributed by atoms with van der Waals surface area (Å²) in [5, 5.41) is 15.2. The molecule has 42 heavy (non-hydrogen) atoms. The Balaban J connectivity index is 0.00000288. The minimum absolute atomic E-state index is 0. The average molecular weight is 724 g/mol. The predicted octanol–water partition coefficient (Wildman–Crippen LogP) is 8.82. The summed E-state index contributed by atoms with van der Waals surface area (Å²) in [6, 6.07) is 43.0. The van der Waals surface area contributed by atoms with Crippen LogP contribution in [0, 0.1) is 6.07 Å². The van der Waals surface area contributed by atoms with Crippen LogP contribution in [0.1, 0.15) is 0 Å². The average Bonchev–Trinajstić information content (AvgIpc) is 3.62. The molecular formula is C36H22N3O2Pt-. The molecule has 8 rings (SSSR count). The van der Waals surface area contributed by atoms with Crippen LogP contribution in [0.5, 0.6) is 5.75 Å². The van der Waals surface area contributed by atoms with Gasteiger partial charge in [-0.25, -0.2) is 4.98 Å². The van der Waals surface area contributed by atoms with E-state index in [4.69, 9.17) is 14.4 Å². The number of para-hydroxylation sites is 2. The Hall–Kier alpha value is -4.99. The SMILES string of the molecule is Oc1cc2oc3ccccc3c2cc1-c1nc(-c2nc(-c3[c-]cccc3)cc3ccccc23)cn1-c1ccccc1.[Pt]. The zero-order valence-electron chi connectivity index (χ0n) is 22.1. The number of imidazole rings is 1. The number of hydrogen-bond donors (Lipinski definition) is 1. The maximum atomic E-state index is 11.3. The molecule has 0 spiro atoms. The number of rotatable bonds is 4. The molecule has 0 unspecified atom stereocenters. The summed E-state index contributed by atoms with van der Waals surface area (Å²) < 4.78 is 8.03. The van der Waals surface area contributed by atoms with Crippen molar-refractivity contribution in [2.75, 3.05) is 0 Å².